The maximum Gasteiger partial charge on any atom is 0.305 e. The van der Waals surface area contributed by atoms with Gasteiger partial charge in [0.05, 0.1) is 12.0 Å². The zero-order valence-corrected chi connectivity index (χ0v) is 13.9. The molecular weight excluding hydrogens is 282 g/mol. The number of carboxylic acids is 1. The van der Waals surface area contributed by atoms with Crippen molar-refractivity contribution in [2.75, 3.05) is 6.61 Å². The molecule has 122 valence electrons. The van der Waals surface area contributed by atoms with Crippen molar-refractivity contribution in [3.63, 3.8) is 0 Å². The Bertz CT molecular complexity index is 554. The number of amides is 1. The van der Waals surface area contributed by atoms with E-state index in [1.165, 1.54) is 0 Å². The average molecular weight is 307 g/mol. The van der Waals surface area contributed by atoms with Crippen molar-refractivity contribution in [3.05, 3.63) is 29.3 Å². The second-order valence-corrected chi connectivity index (χ2v) is 6.23. The Labute approximate surface area is 131 Å². The number of carboxylic acid groups (broad SMARTS) is 1. The lowest BCUT2D eigenvalue weighted by atomic mass is 9.85. The van der Waals surface area contributed by atoms with Crippen molar-refractivity contribution in [2.24, 2.45) is 5.92 Å². The lowest BCUT2D eigenvalue weighted by Gasteiger charge is -2.33. The molecule has 0 aliphatic carbocycles. The molecule has 22 heavy (non-hydrogen) atoms. The van der Waals surface area contributed by atoms with E-state index in [4.69, 9.17) is 9.84 Å². The molecule has 0 radical (unpaired) electrons. The van der Waals surface area contributed by atoms with Crippen LogP contribution < -0.4 is 10.1 Å². The highest BCUT2D eigenvalue weighted by Gasteiger charge is 2.32. The summed E-state index contributed by atoms with van der Waals surface area (Å²) >= 11 is 0. The Hall–Kier alpha value is -2.04. The standard InChI is InChI=1S/C17H25NO4/c1-11(2)17(5,9-16(20)21)18-15(19)10-22-14-7-6-12(3)13(4)8-14/h6-8,11H,9-10H2,1-5H3,(H,18,19)(H,20,21). The minimum absolute atomic E-state index is 0.00540. The number of nitrogens with one attached hydrogen (secondary N) is 1. The van der Waals surface area contributed by atoms with Gasteiger partial charge in [0.1, 0.15) is 5.75 Å². The number of aliphatic carboxylic acids is 1. The topological polar surface area (TPSA) is 75.6 Å². The molecule has 1 aromatic rings. The van der Waals surface area contributed by atoms with Gasteiger partial charge in [-0.1, -0.05) is 19.9 Å². The largest absolute Gasteiger partial charge is 0.484 e. The van der Waals surface area contributed by atoms with Gasteiger partial charge >= 0.3 is 5.97 Å². The quantitative estimate of drug-likeness (QED) is 0.812. The Morgan fingerprint density at radius 2 is 1.91 bits per heavy atom. The van der Waals surface area contributed by atoms with Gasteiger partial charge in [0.2, 0.25) is 0 Å². The SMILES string of the molecule is Cc1ccc(OCC(=O)NC(C)(CC(=O)O)C(C)C)cc1C. The van der Waals surface area contributed by atoms with Gasteiger partial charge in [-0.25, -0.2) is 0 Å². The normalized spacial score (nSPS) is 13.5. The molecular formula is C17H25NO4. The zero-order valence-electron chi connectivity index (χ0n) is 13.9. The van der Waals surface area contributed by atoms with Crippen molar-refractivity contribution in [1.29, 1.82) is 0 Å². The van der Waals surface area contributed by atoms with Crippen LogP contribution in [0.5, 0.6) is 5.75 Å². The Kier molecular flexibility index (Phi) is 5.97. The second-order valence-electron chi connectivity index (χ2n) is 6.23. The van der Waals surface area contributed by atoms with Gasteiger partial charge in [-0.2, -0.15) is 0 Å². The molecule has 1 rings (SSSR count). The molecule has 0 fully saturated rings. The smallest absolute Gasteiger partial charge is 0.305 e. The van der Waals surface area contributed by atoms with Crippen LogP contribution in [0.2, 0.25) is 0 Å². The summed E-state index contributed by atoms with van der Waals surface area (Å²) in [5, 5.41) is 11.8. The summed E-state index contributed by atoms with van der Waals surface area (Å²) in [5.74, 6) is -0.640. The minimum Gasteiger partial charge on any atom is -0.484 e. The number of carbonyl (C=O) groups excluding carboxylic acids is 1. The molecule has 0 spiro atoms. The first-order valence-corrected chi connectivity index (χ1v) is 7.37. The zero-order chi connectivity index (χ0) is 16.9. The molecule has 0 heterocycles. The lowest BCUT2D eigenvalue weighted by molar-refractivity contribution is -0.139. The third kappa shape index (κ3) is 5.06. The lowest BCUT2D eigenvalue weighted by Crippen LogP contribution is -2.52. The van der Waals surface area contributed by atoms with Crippen LogP contribution in [0, 0.1) is 19.8 Å². The van der Waals surface area contributed by atoms with E-state index in [2.05, 4.69) is 5.32 Å². The van der Waals surface area contributed by atoms with E-state index in [1.54, 1.807) is 6.92 Å². The molecule has 0 bridgehead atoms. The number of ether oxygens (including phenoxy) is 1. The third-order valence-corrected chi connectivity index (χ3v) is 4.07. The van der Waals surface area contributed by atoms with Crippen LogP contribution in [-0.2, 0) is 9.59 Å². The Morgan fingerprint density at radius 1 is 1.27 bits per heavy atom. The molecule has 1 aromatic carbocycles. The van der Waals surface area contributed by atoms with Crippen molar-refractivity contribution in [3.8, 4) is 5.75 Å². The summed E-state index contributed by atoms with van der Waals surface area (Å²) < 4.78 is 5.47. The number of aryl methyl sites for hydroxylation is 2. The molecule has 0 aliphatic heterocycles. The van der Waals surface area contributed by atoms with Crippen LogP contribution in [0.1, 0.15) is 38.3 Å². The van der Waals surface area contributed by atoms with Crippen LogP contribution in [0.25, 0.3) is 0 Å². The summed E-state index contributed by atoms with van der Waals surface area (Å²) in [6.07, 6.45) is -0.125. The highest BCUT2D eigenvalue weighted by Crippen LogP contribution is 2.21. The van der Waals surface area contributed by atoms with Gasteiger partial charge in [-0.15, -0.1) is 0 Å². The number of benzene rings is 1. The molecule has 5 nitrogen and oxygen atoms in total. The number of hydrogen-bond acceptors (Lipinski definition) is 3. The van der Waals surface area contributed by atoms with Gasteiger partial charge in [0, 0.05) is 0 Å². The fourth-order valence-corrected chi connectivity index (χ4v) is 2.01. The first-order valence-electron chi connectivity index (χ1n) is 7.37. The molecule has 0 aliphatic rings. The fourth-order valence-electron chi connectivity index (χ4n) is 2.01. The first kappa shape index (κ1) is 18.0. The highest BCUT2D eigenvalue weighted by molar-refractivity contribution is 5.79. The van der Waals surface area contributed by atoms with Crippen LogP contribution in [-0.4, -0.2) is 29.1 Å². The second kappa shape index (κ2) is 7.29. The summed E-state index contributed by atoms with van der Waals surface area (Å²) in [6.45, 7) is 9.35. The molecule has 5 heteroatoms. The minimum atomic E-state index is -0.938. The third-order valence-electron chi connectivity index (χ3n) is 4.07. The maximum atomic E-state index is 12.0. The van der Waals surface area contributed by atoms with E-state index in [0.29, 0.717) is 5.75 Å². The van der Waals surface area contributed by atoms with E-state index in [9.17, 15) is 9.59 Å². The van der Waals surface area contributed by atoms with Crippen LogP contribution in [0.3, 0.4) is 0 Å². The number of carbonyl (C=O) groups is 2. The number of rotatable bonds is 7. The average Bonchev–Trinajstić information content (AvgIpc) is 2.39. The van der Waals surface area contributed by atoms with E-state index >= 15 is 0 Å². The molecule has 1 amide bonds. The molecule has 1 unspecified atom stereocenters. The summed E-state index contributed by atoms with van der Waals surface area (Å²) in [4.78, 5) is 23.0. The molecule has 1 atom stereocenters. The monoisotopic (exact) mass is 307 g/mol. The summed E-state index contributed by atoms with van der Waals surface area (Å²) in [6, 6.07) is 5.63. The van der Waals surface area contributed by atoms with Crippen LogP contribution in [0.4, 0.5) is 0 Å². The highest BCUT2D eigenvalue weighted by atomic mass is 16.5. The van der Waals surface area contributed by atoms with E-state index < -0.39 is 11.5 Å². The van der Waals surface area contributed by atoms with Crippen molar-refractivity contribution >= 4 is 11.9 Å². The maximum absolute atomic E-state index is 12.0. The Balaban J connectivity index is 2.64. The van der Waals surface area contributed by atoms with Crippen LogP contribution >= 0.6 is 0 Å². The van der Waals surface area contributed by atoms with Gasteiger partial charge in [-0.05, 0) is 49.9 Å². The van der Waals surface area contributed by atoms with Crippen molar-refractivity contribution < 1.29 is 19.4 Å². The predicted octanol–water partition coefficient (Wildman–Crippen LogP) is 2.69. The molecule has 0 saturated heterocycles. The van der Waals surface area contributed by atoms with E-state index in [1.807, 2.05) is 45.9 Å². The van der Waals surface area contributed by atoms with Gasteiger partial charge in [-0.3, -0.25) is 9.59 Å². The first-order chi connectivity index (χ1) is 10.1. The van der Waals surface area contributed by atoms with E-state index in [-0.39, 0.29) is 24.9 Å². The summed E-state index contributed by atoms with van der Waals surface area (Å²) in [5.41, 5.74) is 1.46. The van der Waals surface area contributed by atoms with Gasteiger partial charge in [0.15, 0.2) is 6.61 Å². The Morgan fingerprint density at radius 3 is 2.41 bits per heavy atom. The molecule has 0 saturated carbocycles. The van der Waals surface area contributed by atoms with Crippen molar-refractivity contribution in [1.82, 2.24) is 5.32 Å². The molecule has 2 N–H and O–H groups in total. The fraction of sp³-hybridized carbons (Fsp3) is 0.529. The van der Waals surface area contributed by atoms with E-state index in [0.717, 1.165) is 11.1 Å². The van der Waals surface area contributed by atoms with Gasteiger partial charge in [0.25, 0.3) is 5.91 Å². The molecule has 0 aromatic heterocycles. The predicted molar refractivity (Wildman–Crippen MR) is 85.0 cm³/mol. The van der Waals surface area contributed by atoms with Crippen LogP contribution in [0.15, 0.2) is 18.2 Å². The number of hydrogen-bond donors (Lipinski definition) is 2. The van der Waals surface area contributed by atoms with Gasteiger partial charge < -0.3 is 15.2 Å². The summed E-state index contributed by atoms with van der Waals surface area (Å²) in [7, 11) is 0. The van der Waals surface area contributed by atoms with Crippen molar-refractivity contribution in [2.45, 2.75) is 46.6 Å².